The van der Waals surface area contributed by atoms with Crippen LogP contribution in [-0.2, 0) is 0 Å². The molecule has 20 heavy (non-hydrogen) atoms. The van der Waals surface area contributed by atoms with Crippen LogP contribution in [0, 0.1) is 5.82 Å². The van der Waals surface area contributed by atoms with Crippen LogP contribution < -0.4 is 0 Å². The summed E-state index contributed by atoms with van der Waals surface area (Å²) >= 11 is 0. The van der Waals surface area contributed by atoms with Gasteiger partial charge in [-0.25, -0.2) is 19.1 Å². The molecule has 0 aliphatic carbocycles. The average Bonchev–Trinajstić information content (AvgIpc) is 2.81. The Balaban J connectivity index is 2.31. The zero-order valence-electron chi connectivity index (χ0n) is 10.8. The molecule has 1 aromatic carbocycles. The number of carboxylic acid groups (broad SMARTS) is 1. The Bertz CT molecular complexity index is 653. The molecule has 0 fully saturated rings. The molecule has 2 rings (SSSR count). The van der Waals surface area contributed by atoms with Crippen molar-refractivity contribution in [3.63, 3.8) is 0 Å². The van der Waals surface area contributed by atoms with Crippen LogP contribution in [0.5, 0.6) is 0 Å². The van der Waals surface area contributed by atoms with E-state index in [0.29, 0.717) is 11.3 Å². The lowest BCUT2D eigenvalue weighted by Crippen LogP contribution is -2.36. The minimum atomic E-state index is -1.36. The fourth-order valence-corrected chi connectivity index (χ4v) is 1.71. The summed E-state index contributed by atoms with van der Waals surface area (Å²) in [5.74, 6) is -1.71. The molecule has 0 saturated carbocycles. The topological polar surface area (TPSA) is 83.6 Å². The lowest BCUT2D eigenvalue weighted by Gasteiger charge is -2.14. The van der Waals surface area contributed by atoms with Gasteiger partial charge in [0.1, 0.15) is 11.3 Å². The molecule has 1 aromatic heterocycles. The number of amides is 2. The Morgan fingerprint density at radius 2 is 2.20 bits per heavy atom. The third kappa shape index (κ3) is 2.76. The van der Waals surface area contributed by atoms with Gasteiger partial charge in [-0.3, -0.25) is 4.79 Å². The highest BCUT2D eigenvalue weighted by Crippen LogP contribution is 2.18. The van der Waals surface area contributed by atoms with Gasteiger partial charge >= 0.3 is 12.0 Å². The maximum absolute atomic E-state index is 13.0. The van der Waals surface area contributed by atoms with Gasteiger partial charge in [-0.2, -0.15) is 0 Å². The van der Waals surface area contributed by atoms with Gasteiger partial charge in [-0.1, -0.05) is 13.3 Å². The molecule has 0 radical (unpaired) electrons. The van der Waals surface area contributed by atoms with E-state index in [9.17, 15) is 14.0 Å². The number of nitrogens with zero attached hydrogens (tertiary/aromatic N) is 2. The van der Waals surface area contributed by atoms with E-state index in [2.05, 4.69) is 4.98 Å². The van der Waals surface area contributed by atoms with Crippen LogP contribution in [0.4, 0.5) is 9.18 Å². The molecular formula is C13H13FN2O4. The molecule has 0 saturated heterocycles. The van der Waals surface area contributed by atoms with Gasteiger partial charge in [0.05, 0.1) is 0 Å². The molecule has 2 amide bonds. The number of hydrogen-bond acceptors (Lipinski definition) is 4. The number of aromatic nitrogens is 1. The number of carbonyl (C=O) groups is 2. The highest BCUT2D eigenvalue weighted by atomic mass is 19.1. The maximum atomic E-state index is 13.0. The Morgan fingerprint density at radius 1 is 1.45 bits per heavy atom. The maximum Gasteiger partial charge on any atom is 0.414 e. The summed E-state index contributed by atoms with van der Waals surface area (Å²) in [6, 6.07) is 3.63. The van der Waals surface area contributed by atoms with Crippen molar-refractivity contribution in [2.24, 2.45) is 0 Å². The fourth-order valence-electron chi connectivity index (χ4n) is 1.71. The number of halogens is 1. The minimum absolute atomic E-state index is 0.0672. The molecule has 0 atom stereocenters. The molecule has 0 aliphatic rings. The predicted molar refractivity (Wildman–Crippen MR) is 67.9 cm³/mol. The molecule has 0 unspecified atom stereocenters. The molecule has 0 spiro atoms. The van der Waals surface area contributed by atoms with Crippen LogP contribution >= 0.6 is 0 Å². The first-order chi connectivity index (χ1) is 9.52. The van der Waals surface area contributed by atoms with Crippen LogP contribution in [0.2, 0.25) is 0 Å². The number of rotatable bonds is 4. The van der Waals surface area contributed by atoms with E-state index < -0.39 is 17.8 Å². The summed E-state index contributed by atoms with van der Waals surface area (Å²) in [4.78, 5) is 27.6. The van der Waals surface area contributed by atoms with Crippen LogP contribution in [-0.4, -0.2) is 33.5 Å². The van der Waals surface area contributed by atoms with Crippen LogP contribution in [0.25, 0.3) is 11.1 Å². The first-order valence-electron chi connectivity index (χ1n) is 6.13. The predicted octanol–water partition coefficient (Wildman–Crippen LogP) is 2.89. The van der Waals surface area contributed by atoms with Crippen molar-refractivity contribution >= 4 is 23.1 Å². The van der Waals surface area contributed by atoms with Gasteiger partial charge in [0, 0.05) is 12.6 Å². The van der Waals surface area contributed by atoms with E-state index >= 15 is 0 Å². The van der Waals surface area contributed by atoms with Crippen molar-refractivity contribution < 1.29 is 23.5 Å². The Kier molecular flexibility index (Phi) is 3.97. The second kappa shape index (κ2) is 5.68. The van der Waals surface area contributed by atoms with E-state index in [1.807, 2.05) is 6.92 Å². The van der Waals surface area contributed by atoms with Crippen LogP contribution in [0.15, 0.2) is 22.6 Å². The summed E-state index contributed by atoms with van der Waals surface area (Å²) < 4.78 is 18.2. The van der Waals surface area contributed by atoms with E-state index in [1.54, 1.807) is 0 Å². The second-order valence-electron chi connectivity index (χ2n) is 4.22. The van der Waals surface area contributed by atoms with E-state index in [4.69, 9.17) is 9.52 Å². The van der Waals surface area contributed by atoms with Crippen molar-refractivity contribution in [1.29, 1.82) is 0 Å². The quantitative estimate of drug-likeness (QED) is 0.930. The number of carbonyl (C=O) groups excluding carboxylic acids is 1. The Morgan fingerprint density at radius 3 is 2.85 bits per heavy atom. The lowest BCUT2D eigenvalue weighted by atomic mass is 10.3. The van der Waals surface area contributed by atoms with Crippen molar-refractivity contribution in [3.8, 4) is 0 Å². The third-order valence-electron chi connectivity index (χ3n) is 2.74. The number of fused-ring (bicyclic) bond motifs is 1. The van der Waals surface area contributed by atoms with Crippen LogP contribution in [0.3, 0.4) is 0 Å². The van der Waals surface area contributed by atoms with Gasteiger partial charge in [0.25, 0.3) is 5.89 Å². The zero-order chi connectivity index (χ0) is 14.7. The molecule has 0 aliphatic heterocycles. The number of hydrogen-bond donors (Lipinski definition) is 1. The normalized spacial score (nSPS) is 10.7. The number of oxazole rings is 1. The molecule has 0 bridgehead atoms. The lowest BCUT2D eigenvalue weighted by molar-refractivity contribution is 0.0704. The molecular weight excluding hydrogens is 267 g/mol. The molecule has 106 valence electrons. The Labute approximate surface area is 113 Å². The number of benzene rings is 1. The van der Waals surface area contributed by atoms with E-state index in [1.165, 1.54) is 12.1 Å². The molecule has 1 N–H and O–H groups in total. The standard InChI is InChI=1S/C13H13FN2O4/c1-2-3-6-16(13(18)19)12(17)11-15-9-7-8(14)4-5-10(9)20-11/h4-5,7H,2-3,6H2,1H3,(H,18,19). The van der Waals surface area contributed by atoms with Crippen molar-refractivity contribution in [2.75, 3.05) is 6.54 Å². The SMILES string of the molecule is CCCCN(C(=O)O)C(=O)c1nc2cc(F)ccc2o1. The van der Waals surface area contributed by atoms with Gasteiger partial charge in [-0.05, 0) is 18.6 Å². The molecule has 2 aromatic rings. The first-order valence-corrected chi connectivity index (χ1v) is 6.13. The molecule has 7 heteroatoms. The average molecular weight is 280 g/mol. The summed E-state index contributed by atoms with van der Waals surface area (Å²) in [6.07, 6.45) is -0.0696. The summed E-state index contributed by atoms with van der Waals surface area (Å²) in [7, 11) is 0. The monoisotopic (exact) mass is 280 g/mol. The summed E-state index contributed by atoms with van der Waals surface area (Å²) in [6.45, 7) is 1.95. The van der Waals surface area contributed by atoms with E-state index in [-0.39, 0.29) is 23.5 Å². The molecule has 6 nitrogen and oxygen atoms in total. The van der Waals surface area contributed by atoms with Crippen molar-refractivity contribution in [3.05, 3.63) is 29.9 Å². The zero-order valence-corrected chi connectivity index (χ0v) is 10.8. The van der Waals surface area contributed by atoms with Gasteiger partial charge in [-0.15, -0.1) is 0 Å². The third-order valence-corrected chi connectivity index (χ3v) is 2.74. The fraction of sp³-hybridized carbons (Fsp3) is 0.308. The molecule has 1 heterocycles. The number of unbranched alkanes of at least 4 members (excludes halogenated alkanes) is 1. The highest BCUT2D eigenvalue weighted by Gasteiger charge is 2.26. The van der Waals surface area contributed by atoms with Gasteiger partial charge < -0.3 is 9.52 Å². The smallest absolute Gasteiger partial charge is 0.414 e. The van der Waals surface area contributed by atoms with Crippen LogP contribution in [0.1, 0.15) is 30.5 Å². The Hall–Kier alpha value is -2.44. The highest BCUT2D eigenvalue weighted by molar-refractivity contribution is 6.00. The number of imide groups is 1. The largest absolute Gasteiger partial charge is 0.465 e. The van der Waals surface area contributed by atoms with Gasteiger partial charge in [0.15, 0.2) is 5.58 Å². The second-order valence-corrected chi connectivity index (χ2v) is 4.22. The van der Waals surface area contributed by atoms with E-state index in [0.717, 1.165) is 12.5 Å². The van der Waals surface area contributed by atoms with Crippen molar-refractivity contribution in [1.82, 2.24) is 9.88 Å². The van der Waals surface area contributed by atoms with Crippen molar-refractivity contribution in [2.45, 2.75) is 19.8 Å². The first kappa shape index (κ1) is 14.0. The van der Waals surface area contributed by atoms with Gasteiger partial charge in [0.2, 0.25) is 0 Å². The minimum Gasteiger partial charge on any atom is -0.465 e. The summed E-state index contributed by atoms with van der Waals surface area (Å²) in [5, 5.41) is 9.03. The summed E-state index contributed by atoms with van der Waals surface area (Å²) in [5.41, 5.74) is 0.407.